The molecule has 1 aromatic carbocycles. The summed E-state index contributed by atoms with van der Waals surface area (Å²) in [6, 6.07) is 5.38. The average molecular weight is 997 g/mol. The zero-order valence-corrected chi connectivity index (χ0v) is 39.6. The van der Waals surface area contributed by atoms with E-state index in [9.17, 15) is 54.7 Å². The van der Waals surface area contributed by atoms with Crippen LogP contribution in [0.1, 0.15) is 110 Å². The minimum Gasteiger partial charge on any atom is -0.330 e. The Morgan fingerprint density at radius 3 is 1.99 bits per heavy atom. The summed E-state index contributed by atoms with van der Waals surface area (Å²) in [7, 11) is -8.59. The Kier molecular flexibility index (Phi) is 17.9. The summed E-state index contributed by atoms with van der Waals surface area (Å²) in [5, 5.41) is 19.8. The van der Waals surface area contributed by atoms with Crippen LogP contribution in [0.3, 0.4) is 0 Å². The standard InChI is InChI=1S/C42H53N5O17S3/c1-29-41(2,23-21-40(53)62-47-37(50)19-20-38(47)51)34(45(43-29)25-11-27-67(58,59)60)13-7-4-6-12-33-42(3,22-10-26-66(55,56)57)31-28-30(65-64-63-54)15-16-32(31)44(33)24-9-5-8-14-39(52)61-46-35(48)17-18-36(46)49/h4,6-7,12-13,15-16,28H,5,8-11,14,17-27H2,1-3H3,(H2-,54,55,56,57,58,59,60)/p+1. The van der Waals surface area contributed by atoms with E-state index in [1.165, 1.54) is 0 Å². The van der Waals surface area contributed by atoms with Crippen molar-refractivity contribution in [2.75, 3.05) is 24.6 Å². The smallest absolute Gasteiger partial charge is 0.330 e. The number of nitrogens with zero attached hydrogens (tertiary/aromatic N) is 5. The molecule has 0 spiro atoms. The lowest BCUT2D eigenvalue weighted by Crippen LogP contribution is -2.33. The number of amides is 4. The molecule has 2 saturated heterocycles. The minimum absolute atomic E-state index is 0.0167. The molecule has 2 unspecified atom stereocenters. The quantitative estimate of drug-likeness (QED) is 0.0175. The molecule has 67 heavy (non-hydrogen) atoms. The third-order valence-electron chi connectivity index (χ3n) is 11.9. The molecule has 2 fully saturated rings. The van der Waals surface area contributed by atoms with Crippen LogP contribution in [0.4, 0.5) is 5.69 Å². The highest BCUT2D eigenvalue weighted by atomic mass is 32.2. The molecule has 1 aromatic rings. The van der Waals surface area contributed by atoms with Gasteiger partial charge in [0.15, 0.2) is 5.71 Å². The topological polar surface area (TPSA) is 293 Å². The van der Waals surface area contributed by atoms with E-state index in [4.69, 9.17) is 14.9 Å². The molecule has 366 valence electrons. The van der Waals surface area contributed by atoms with Gasteiger partial charge in [-0.1, -0.05) is 23.3 Å². The molecule has 4 amide bonds. The Bertz CT molecular complexity index is 2470. The molecule has 0 radical (unpaired) electrons. The van der Waals surface area contributed by atoms with Crippen molar-refractivity contribution in [2.24, 2.45) is 10.5 Å². The van der Waals surface area contributed by atoms with Gasteiger partial charge in [-0.05, 0) is 77.5 Å². The first kappa shape index (κ1) is 52.8. The Morgan fingerprint density at radius 2 is 1.39 bits per heavy atom. The SMILES string of the molecule is CC1=NN(CCCS(=O)(=O)O)\C(=C/C=C/C=C/C2=[N+](CCCCCC(=O)ON3C(=O)CCC3=O)c3ccc(SOOO)cc3C2(C)CCCS(=O)(=O)O)C1(C)CCC(=O)ON1C(=O)CCC1=O. The van der Waals surface area contributed by atoms with Gasteiger partial charge in [0, 0.05) is 90.9 Å². The number of carbonyl (C=O) groups is 6. The van der Waals surface area contributed by atoms with E-state index in [2.05, 4.69) is 14.5 Å². The Balaban J connectivity index is 1.42. The molecular formula is C42H54N5O17S3+. The number of benzene rings is 1. The summed E-state index contributed by atoms with van der Waals surface area (Å²) >= 11 is 0.740. The summed E-state index contributed by atoms with van der Waals surface area (Å²) < 4.78 is 72.5. The summed E-state index contributed by atoms with van der Waals surface area (Å²) in [6.07, 6.45) is 10.3. The average Bonchev–Trinajstić information content (AvgIpc) is 3.90. The number of hydroxylamine groups is 4. The van der Waals surface area contributed by atoms with Gasteiger partial charge in [0.25, 0.3) is 43.9 Å². The van der Waals surface area contributed by atoms with Gasteiger partial charge in [0.1, 0.15) is 6.54 Å². The van der Waals surface area contributed by atoms with Crippen LogP contribution in [0, 0.1) is 5.41 Å². The number of imide groups is 2. The number of carbonyl (C=O) groups excluding carboxylic acids is 6. The third-order valence-corrected chi connectivity index (χ3v) is 14.0. The molecule has 3 N–H and O–H groups in total. The van der Waals surface area contributed by atoms with E-state index >= 15 is 0 Å². The molecule has 0 saturated carbocycles. The molecule has 4 aliphatic heterocycles. The summed E-state index contributed by atoms with van der Waals surface area (Å²) in [4.78, 5) is 83.8. The molecule has 4 heterocycles. The highest BCUT2D eigenvalue weighted by Crippen LogP contribution is 2.46. The zero-order chi connectivity index (χ0) is 49.2. The van der Waals surface area contributed by atoms with Crippen LogP contribution in [-0.4, -0.2) is 122 Å². The van der Waals surface area contributed by atoms with Crippen LogP contribution in [-0.2, 0) is 73.5 Å². The maximum atomic E-state index is 12.9. The molecule has 0 bridgehead atoms. The Labute approximate surface area is 391 Å². The van der Waals surface area contributed by atoms with Crippen molar-refractivity contribution in [2.45, 2.75) is 115 Å². The molecular weight excluding hydrogens is 943 g/mol. The molecule has 25 heteroatoms. The molecule has 5 rings (SSSR count). The maximum absolute atomic E-state index is 12.9. The van der Waals surface area contributed by atoms with Crippen LogP contribution >= 0.6 is 12.0 Å². The van der Waals surface area contributed by atoms with Gasteiger partial charge in [0.05, 0.1) is 29.0 Å². The minimum atomic E-state index is -4.31. The van der Waals surface area contributed by atoms with Crippen molar-refractivity contribution < 1.29 is 83.6 Å². The number of unbranched alkanes of at least 4 members (excludes halogenated alkanes) is 2. The number of rotatable bonds is 25. The molecule has 0 aliphatic carbocycles. The highest BCUT2D eigenvalue weighted by molar-refractivity contribution is 7.94. The number of allylic oxidation sites excluding steroid dienone is 6. The van der Waals surface area contributed by atoms with Crippen molar-refractivity contribution in [1.82, 2.24) is 15.1 Å². The van der Waals surface area contributed by atoms with E-state index in [0.29, 0.717) is 52.2 Å². The fourth-order valence-electron chi connectivity index (χ4n) is 8.25. The lowest BCUT2D eigenvalue weighted by atomic mass is 9.76. The first-order valence-corrected chi connectivity index (χ1v) is 25.4. The van der Waals surface area contributed by atoms with Crippen molar-refractivity contribution in [3.8, 4) is 0 Å². The van der Waals surface area contributed by atoms with Gasteiger partial charge in [-0.3, -0.25) is 33.3 Å². The van der Waals surface area contributed by atoms with E-state index in [0.717, 1.165) is 29.0 Å². The van der Waals surface area contributed by atoms with Crippen LogP contribution in [0.5, 0.6) is 0 Å². The van der Waals surface area contributed by atoms with Crippen molar-refractivity contribution >= 4 is 85.0 Å². The van der Waals surface area contributed by atoms with Crippen molar-refractivity contribution in [3.63, 3.8) is 0 Å². The first-order chi connectivity index (χ1) is 31.6. The molecule has 4 aliphatic rings. The van der Waals surface area contributed by atoms with Gasteiger partial charge in [-0.2, -0.15) is 26.5 Å². The molecule has 2 atom stereocenters. The second-order valence-electron chi connectivity index (χ2n) is 16.6. The number of hydrazone groups is 1. The second-order valence-corrected chi connectivity index (χ2v) is 20.6. The van der Waals surface area contributed by atoms with Crippen LogP contribution in [0.15, 0.2) is 64.3 Å². The summed E-state index contributed by atoms with van der Waals surface area (Å²) in [5.74, 6) is -4.94. The Hall–Kier alpha value is -5.15. The zero-order valence-electron chi connectivity index (χ0n) is 37.2. The van der Waals surface area contributed by atoms with Crippen molar-refractivity contribution in [3.05, 3.63) is 59.8 Å². The van der Waals surface area contributed by atoms with Gasteiger partial charge >= 0.3 is 11.9 Å². The Morgan fingerprint density at radius 1 is 0.791 bits per heavy atom. The summed E-state index contributed by atoms with van der Waals surface area (Å²) in [5.41, 5.74) is 1.66. The predicted octanol–water partition coefficient (Wildman–Crippen LogP) is 4.67. The van der Waals surface area contributed by atoms with Gasteiger partial charge < -0.3 is 9.68 Å². The predicted molar refractivity (Wildman–Crippen MR) is 237 cm³/mol. The van der Waals surface area contributed by atoms with Crippen LogP contribution in [0.2, 0.25) is 0 Å². The lowest BCUT2D eigenvalue weighted by molar-refractivity contribution is -0.438. The second kappa shape index (κ2) is 22.8. The van der Waals surface area contributed by atoms with E-state index in [-0.39, 0.29) is 70.8 Å². The normalized spacial score (nSPS) is 21.9. The first-order valence-electron chi connectivity index (χ1n) is 21.4. The fourth-order valence-corrected chi connectivity index (χ4v) is 9.65. The molecule has 0 aromatic heterocycles. The van der Waals surface area contributed by atoms with Gasteiger partial charge in [-0.25, -0.2) is 14.8 Å². The monoisotopic (exact) mass is 996 g/mol. The largest absolute Gasteiger partial charge is 0.333 e. The van der Waals surface area contributed by atoms with E-state index in [1.807, 2.05) is 36.6 Å². The molecule has 22 nitrogen and oxygen atoms in total. The van der Waals surface area contributed by atoms with E-state index in [1.54, 1.807) is 42.3 Å². The van der Waals surface area contributed by atoms with Crippen LogP contribution in [0.25, 0.3) is 0 Å². The van der Waals surface area contributed by atoms with Gasteiger partial charge in [-0.15, -0.1) is 14.5 Å². The number of hydrogen-bond acceptors (Lipinski definition) is 18. The highest BCUT2D eigenvalue weighted by Gasteiger charge is 2.48. The summed E-state index contributed by atoms with van der Waals surface area (Å²) in [6.45, 7) is 6.00. The van der Waals surface area contributed by atoms with Crippen LogP contribution < -0.4 is 0 Å². The fraction of sp³-hybridized carbons (Fsp3) is 0.524. The lowest BCUT2D eigenvalue weighted by Gasteiger charge is -2.29. The van der Waals surface area contributed by atoms with E-state index < -0.39 is 78.1 Å². The van der Waals surface area contributed by atoms with Gasteiger partial charge in [0.2, 0.25) is 5.69 Å². The number of fused-ring (bicyclic) bond motifs is 1. The maximum Gasteiger partial charge on any atom is 0.333 e. The third kappa shape index (κ3) is 14.0. The van der Waals surface area contributed by atoms with Crippen molar-refractivity contribution in [1.29, 1.82) is 0 Å². The number of hydrogen-bond donors (Lipinski definition) is 3.